The lowest BCUT2D eigenvalue weighted by Crippen LogP contribution is -2.45. The molecule has 0 bridgehead atoms. The van der Waals surface area contributed by atoms with Gasteiger partial charge in [-0.2, -0.15) is 0 Å². The highest BCUT2D eigenvalue weighted by Gasteiger charge is 2.23. The first-order chi connectivity index (χ1) is 8.38. The van der Waals surface area contributed by atoms with Gasteiger partial charge in [0, 0.05) is 36.3 Å². The summed E-state index contributed by atoms with van der Waals surface area (Å²) in [5, 5.41) is 0. The van der Waals surface area contributed by atoms with Gasteiger partial charge in [-0.15, -0.1) is 0 Å². The van der Waals surface area contributed by atoms with E-state index < -0.39 is 0 Å². The van der Waals surface area contributed by atoms with E-state index in [-0.39, 0.29) is 5.41 Å². The van der Waals surface area contributed by atoms with Gasteiger partial charge in [-0.3, -0.25) is 0 Å². The number of anilines is 1. The minimum Gasteiger partial charge on any atom is -0.369 e. The van der Waals surface area contributed by atoms with Gasteiger partial charge in [0.2, 0.25) is 0 Å². The Balaban J connectivity index is 2.32. The van der Waals surface area contributed by atoms with E-state index in [2.05, 4.69) is 71.7 Å². The first kappa shape index (κ1) is 13.9. The summed E-state index contributed by atoms with van der Waals surface area (Å²) in [6, 6.07) is 6.69. The lowest BCUT2D eigenvalue weighted by atomic mass is 9.85. The summed E-state index contributed by atoms with van der Waals surface area (Å²) in [6.45, 7) is 11.4. The van der Waals surface area contributed by atoms with Crippen molar-refractivity contribution in [1.29, 1.82) is 0 Å². The summed E-state index contributed by atoms with van der Waals surface area (Å²) in [5.74, 6) is 0. The highest BCUT2D eigenvalue weighted by atomic mass is 79.9. The minimum absolute atomic E-state index is 0.183. The second kappa shape index (κ2) is 5.22. The molecule has 0 aromatic heterocycles. The normalized spacial score (nSPS) is 18.2. The second-order valence-corrected chi connectivity index (χ2v) is 7.12. The third-order valence-electron chi connectivity index (χ3n) is 3.61. The van der Waals surface area contributed by atoms with Crippen molar-refractivity contribution in [3.8, 4) is 0 Å². The van der Waals surface area contributed by atoms with Crippen molar-refractivity contribution in [2.24, 2.45) is 0 Å². The molecule has 1 saturated heterocycles. The molecule has 18 heavy (non-hydrogen) atoms. The molecular formula is C15H23BrN2. The van der Waals surface area contributed by atoms with Crippen LogP contribution in [0.5, 0.6) is 0 Å². The van der Waals surface area contributed by atoms with Crippen LogP contribution in [0.1, 0.15) is 26.3 Å². The molecule has 1 heterocycles. The first-order valence-electron chi connectivity index (χ1n) is 6.61. The van der Waals surface area contributed by atoms with E-state index in [4.69, 9.17) is 0 Å². The molecule has 0 spiro atoms. The summed E-state index contributed by atoms with van der Waals surface area (Å²) in [5.41, 5.74) is 3.02. The Kier molecular flexibility index (Phi) is 4.02. The fourth-order valence-electron chi connectivity index (χ4n) is 2.43. The molecule has 1 aliphatic rings. The quantitative estimate of drug-likeness (QED) is 0.783. The fourth-order valence-corrected chi connectivity index (χ4v) is 2.79. The van der Waals surface area contributed by atoms with Gasteiger partial charge in [-0.1, -0.05) is 36.7 Å². The number of nitrogens with zero attached hydrogens (tertiary/aromatic N) is 2. The molecule has 0 amide bonds. The van der Waals surface area contributed by atoms with Crippen LogP contribution in [0, 0.1) is 0 Å². The third-order valence-corrected chi connectivity index (χ3v) is 4.10. The van der Waals surface area contributed by atoms with E-state index >= 15 is 0 Å². The van der Waals surface area contributed by atoms with E-state index in [1.54, 1.807) is 0 Å². The van der Waals surface area contributed by atoms with Crippen LogP contribution in [0.15, 0.2) is 22.7 Å². The van der Waals surface area contributed by atoms with Crippen LogP contribution in [0.3, 0.4) is 0 Å². The van der Waals surface area contributed by atoms with E-state index in [0.717, 1.165) is 26.2 Å². The van der Waals surface area contributed by atoms with Gasteiger partial charge in [0.05, 0.1) is 0 Å². The van der Waals surface area contributed by atoms with Gasteiger partial charge in [-0.05, 0) is 36.2 Å². The van der Waals surface area contributed by atoms with Crippen molar-refractivity contribution in [3.63, 3.8) is 0 Å². The van der Waals surface area contributed by atoms with Crippen LogP contribution < -0.4 is 4.90 Å². The highest BCUT2D eigenvalue weighted by molar-refractivity contribution is 9.10. The lowest BCUT2D eigenvalue weighted by Gasteiger charge is -2.37. The van der Waals surface area contributed by atoms with Gasteiger partial charge in [0.15, 0.2) is 0 Å². The Bertz CT molecular complexity index is 415. The third kappa shape index (κ3) is 3.07. The zero-order valence-corrected chi connectivity index (χ0v) is 13.4. The van der Waals surface area contributed by atoms with Gasteiger partial charge in [0.1, 0.15) is 0 Å². The van der Waals surface area contributed by atoms with Crippen molar-refractivity contribution < 1.29 is 0 Å². The summed E-state index contributed by atoms with van der Waals surface area (Å²) in [7, 11) is 2.20. The average molecular weight is 311 g/mol. The van der Waals surface area contributed by atoms with Crippen LogP contribution in [0.4, 0.5) is 5.69 Å². The van der Waals surface area contributed by atoms with Gasteiger partial charge in [0.25, 0.3) is 0 Å². The Morgan fingerprint density at radius 3 is 2.22 bits per heavy atom. The highest BCUT2D eigenvalue weighted by Crippen LogP contribution is 2.34. The maximum Gasteiger partial charge on any atom is 0.0405 e. The number of likely N-dealkylation sites (N-methyl/N-ethyl adjacent to an activating group) is 1. The molecule has 0 atom stereocenters. The standard InChI is InChI=1S/C15H23BrN2/c1-15(2,3)13-11-12(16)5-6-14(13)18-9-7-17(4)8-10-18/h5-6,11H,7-10H2,1-4H3. The van der Waals surface area contributed by atoms with E-state index in [1.807, 2.05) is 0 Å². The van der Waals surface area contributed by atoms with E-state index in [1.165, 1.54) is 15.7 Å². The number of halogens is 1. The van der Waals surface area contributed by atoms with Crippen LogP contribution in [-0.2, 0) is 5.41 Å². The van der Waals surface area contributed by atoms with Crippen molar-refractivity contribution >= 4 is 21.6 Å². The summed E-state index contributed by atoms with van der Waals surface area (Å²) < 4.78 is 1.17. The smallest absolute Gasteiger partial charge is 0.0405 e. The molecule has 0 aliphatic carbocycles. The predicted molar refractivity (Wildman–Crippen MR) is 82.6 cm³/mol. The van der Waals surface area contributed by atoms with Crippen LogP contribution in [0.25, 0.3) is 0 Å². The maximum atomic E-state index is 3.60. The minimum atomic E-state index is 0.183. The zero-order valence-electron chi connectivity index (χ0n) is 11.8. The lowest BCUT2D eigenvalue weighted by molar-refractivity contribution is 0.312. The molecule has 3 heteroatoms. The second-order valence-electron chi connectivity index (χ2n) is 6.20. The number of rotatable bonds is 1. The van der Waals surface area contributed by atoms with Crippen molar-refractivity contribution in [2.45, 2.75) is 26.2 Å². The fraction of sp³-hybridized carbons (Fsp3) is 0.600. The molecule has 1 aromatic rings. The van der Waals surface area contributed by atoms with Gasteiger partial charge < -0.3 is 9.80 Å². The molecular weight excluding hydrogens is 288 g/mol. The molecule has 0 saturated carbocycles. The van der Waals surface area contributed by atoms with Crippen LogP contribution in [-0.4, -0.2) is 38.1 Å². The number of benzene rings is 1. The summed E-state index contributed by atoms with van der Waals surface area (Å²) in [4.78, 5) is 4.92. The Labute approximate surface area is 119 Å². The molecule has 2 rings (SSSR count). The first-order valence-corrected chi connectivity index (χ1v) is 7.41. The zero-order chi connectivity index (χ0) is 13.3. The van der Waals surface area contributed by atoms with Crippen molar-refractivity contribution in [1.82, 2.24) is 4.90 Å². The Hall–Kier alpha value is -0.540. The van der Waals surface area contributed by atoms with Crippen molar-refractivity contribution in [2.75, 3.05) is 38.1 Å². The maximum absolute atomic E-state index is 3.60. The van der Waals surface area contributed by atoms with Crippen molar-refractivity contribution in [3.05, 3.63) is 28.2 Å². The molecule has 0 radical (unpaired) electrons. The Morgan fingerprint density at radius 2 is 1.67 bits per heavy atom. The molecule has 1 aromatic carbocycles. The number of hydrogen-bond acceptors (Lipinski definition) is 2. The molecule has 0 unspecified atom stereocenters. The molecule has 100 valence electrons. The monoisotopic (exact) mass is 310 g/mol. The SMILES string of the molecule is CN1CCN(c2ccc(Br)cc2C(C)(C)C)CC1. The summed E-state index contributed by atoms with van der Waals surface area (Å²) in [6.07, 6.45) is 0. The average Bonchev–Trinajstić information content (AvgIpc) is 2.29. The van der Waals surface area contributed by atoms with Gasteiger partial charge in [-0.25, -0.2) is 0 Å². The van der Waals surface area contributed by atoms with Crippen LogP contribution in [0.2, 0.25) is 0 Å². The molecule has 2 nitrogen and oxygen atoms in total. The van der Waals surface area contributed by atoms with Gasteiger partial charge >= 0.3 is 0 Å². The molecule has 0 N–H and O–H groups in total. The summed E-state index contributed by atoms with van der Waals surface area (Å²) >= 11 is 3.60. The van der Waals surface area contributed by atoms with E-state index in [0.29, 0.717) is 0 Å². The van der Waals surface area contributed by atoms with E-state index in [9.17, 15) is 0 Å². The largest absolute Gasteiger partial charge is 0.369 e. The predicted octanol–water partition coefficient (Wildman–Crippen LogP) is 3.50. The number of piperazine rings is 1. The Morgan fingerprint density at radius 1 is 1.06 bits per heavy atom. The number of hydrogen-bond donors (Lipinski definition) is 0. The molecule has 1 fully saturated rings. The van der Waals surface area contributed by atoms with Crippen LogP contribution >= 0.6 is 15.9 Å². The molecule has 1 aliphatic heterocycles. The topological polar surface area (TPSA) is 6.48 Å².